The Kier molecular flexibility index (Phi) is 5.49. The molecule has 2 unspecified atom stereocenters. The Balaban J connectivity index is 1.38. The van der Waals surface area contributed by atoms with Crippen molar-refractivity contribution in [2.75, 3.05) is 19.7 Å². The lowest BCUT2D eigenvalue weighted by Gasteiger charge is -2.45. The molecule has 0 amide bonds. The van der Waals surface area contributed by atoms with Crippen molar-refractivity contribution in [2.24, 2.45) is 23.7 Å². The van der Waals surface area contributed by atoms with Crippen molar-refractivity contribution in [1.29, 1.82) is 0 Å². The minimum atomic E-state index is 0.548. The van der Waals surface area contributed by atoms with Crippen molar-refractivity contribution < 1.29 is 4.74 Å². The molecule has 1 aromatic carbocycles. The Labute approximate surface area is 177 Å². The largest absolute Gasteiger partial charge is 0.493 e. The van der Waals surface area contributed by atoms with E-state index in [1.165, 1.54) is 81.3 Å². The second-order valence-corrected chi connectivity index (χ2v) is 10.8. The number of benzene rings is 1. The zero-order valence-corrected chi connectivity index (χ0v) is 18.6. The molecule has 0 aromatic heterocycles. The zero-order chi connectivity index (χ0) is 20.0. The first-order chi connectivity index (χ1) is 14.1. The Bertz CT molecular complexity index is 758. The first-order valence-electron chi connectivity index (χ1n) is 12.3. The maximum absolute atomic E-state index is 6.37. The molecule has 3 fully saturated rings. The van der Waals surface area contributed by atoms with Crippen LogP contribution in [0.4, 0.5) is 0 Å². The van der Waals surface area contributed by atoms with E-state index >= 15 is 0 Å². The van der Waals surface area contributed by atoms with Gasteiger partial charge in [0.2, 0.25) is 0 Å². The molecule has 29 heavy (non-hydrogen) atoms. The van der Waals surface area contributed by atoms with Gasteiger partial charge in [0.1, 0.15) is 5.75 Å². The predicted octanol–water partition coefficient (Wildman–Crippen LogP) is 6.34. The van der Waals surface area contributed by atoms with E-state index in [-0.39, 0.29) is 0 Å². The van der Waals surface area contributed by atoms with Gasteiger partial charge < -0.3 is 4.74 Å². The Morgan fingerprint density at radius 1 is 1.14 bits per heavy atom. The monoisotopic (exact) mass is 393 g/mol. The number of hydrogen-bond acceptors (Lipinski definition) is 2. The average Bonchev–Trinajstić information content (AvgIpc) is 3.60. The summed E-state index contributed by atoms with van der Waals surface area (Å²) in [5.41, 5.74) is 6.10. The highest BCUT2D eigenvalue weighted by atomic mass is 16.5. The summed E-state index contributed by atoms with van der Waals surface area (Å²) in [5.74, 6) is 4.44. The molecule has 5 rings (SSSR count). The lowest BCUT2D eigenvalue weighted by Crippen LogP contribution is -2.43. The van der Waals surface area contributed by atoms with Gasteiger partial charge in [-0.1, -0.05) is 44.9 Å². The van der Waals surface area contributed by atoms with Gasteiger partial charge in [-0.05, 0) is 91.4 Å². The molecule has 0 N–H and O–H groups in total. The lowest BCUT2D eigenvalue weighted by atomic mass is 9.78. The fraction of sp³-hybridized carbons (Fsp3) is 0.704. The number of ether oxygens (including phenoxy) is 1. The highest BCUT2D eigenvalue weighted by molar-refractivity contribution is 5.46. The molecule has 4 aliphatic rings. The maximum Gasteiger partial charge on any atom is 0.122 e. The SMILES string of the molecule is C=C1CC2c3cc(CCC4CC4)c(OCC4CC4)cc3CCN2CC1CC(C)C. The van der Waals surface area contributed by atoms with Crippen LogP contribution in [0.15, 0.2) is 24.3 Å². The van der Waals surface area contributed by atoms with Gasteiger partial charge in [0, 0.05) is 19.1 Å². The summed E-state index contributed by atoms with van der Waals surface area (Å²) in [4.78, 5) is 2.76. The van der Waals surface area contributed by atoms with Gasteiger partial charge in [-0.2, -0.15) is 0 Å². The van der Waals surface area contributed by atoms with Crippen molar-refractivity contribution in [2.45, 2.75) is 77.7 Å². The molecule has 2 nitrogen and oxygen atoms in total. The predicted molar refractivity (Wildman–Crippen MR) is 120 cm³/mol. The molecule has 2 aliphatic carbocycles. The van der Waals surface area contributed by atoms with Crippen molar-refractivity contribution >= 4 is 0 Å². The molecule has 0 spiro atoms. The molecule has 2 aliphatic heterocycles. The van der Waals surface area contributed by atoms with Gasteiger partial charge in [0.05, 0.1) is 6.61 Å². The summed E-state index contributed by atoms with van der Waals surface area (Å²) in [6, 6.07) is 5.53. The van der Waals surface area contributed by atoms with E-state index in [9.17, 15) is 0 Å². The van der Waals surface area contributed by atoms with E-state index in [1.807, 2.05) is 0 Å². The first-order valence-corrected chi connectivity index (χ1v) is 12.3. The van der Waals surface area contributed by atoms with E-state index in [0.717, 1.165) is 30.8 Å². The number of hydrogen-bond donors (Lipinski definition) is 0. The molecule has 2 heterocycles. The molecule has 1 saturated heterocycles. The molecule has 158 valence electrons. The van der Waals surface area contributed by atoms with Gasteiger partial charge in [-0.3, -0.25) is 4.90 Å². The number of rotatable bonds is 8. The fourth-order valence-electron chi connectivity index (χ4n) is 5.51. The molecule has 0 bridgehead atoms. The highest BCUT2D eigenvalue weighted by Gasteiger charge is 2.36. The van der Waals surface area contributed by atoms with E-state index in [1.54, 1.807) is 11.1 Å². The maximum atomic E-state index is 6.37. The van der Waals surface area contributed by atoms with Crippen LogP contribution in [0.3, 0.4) is 0 Å². The van der Waals surface area contributed by atoms with Crippen molar-refractivity contribution in [3.8, 4) is 5.75 Å². The molecule has 2 atom stereocenters. The van der Waals surface area contributed by atoms with Crippen LogP contribution in [0.25, 0.3) is 0 Å². The van der Waals surface area contributed by atoms with Crippen LogP contribution in [0, 0.1) is 23.7 Å². The normalized spacial score (nSPS) is 27.1. The number of fused-ring (bicyclic) bond motifs is 3. The van der Waals surface area contributed by atoms with E-state index in [2.05, 4.69) is 37.5 Å². The lowest BCUT2D eigenvalue weighted by molar-refractivity contribution is 0.124. The quantitative estimate of drug-likeness (QED) is 0.478. The van der Waals surface area contributed by atoms with E-state index < -0.39 is 0 Å². The van der Waals surface area contributed by atoms with Gasteiger partial charge in [-0.15, -0.1) is 0 Å². The van der Waals surface area contributed by atoms with Crippen LogP contribution >= 0.6 is 0 Å². The van der Waals surface area contributed by atoms with Crippen LogP contribution in [0.5, 0.6) is 5.75 Å². The Hall–Kier alpha value is -1.28. The summed E-state index contributed by atoms with van der Waals surface area (Å²) in [6.45, 7) is 12.6. The van der Waals surface area contributed by atoms with Crippen LogP contribution in [-0.4, -0.2) is 24.6 Å². The van der Waals surface area contributed by atoms with E-state index in [0.29, 0.717) is 12.0 Å². The second-order valence-electron chi connectivity index (χ2n) is 10.8. The highest BCUT2D eigenvalue weighted by Crippen LogP contribution is 2.44. The third-order valence-electron chi connectivity index (χ3n) is 7.72. The average molecular weight is 394 g/mol. The standard InChI is InChI=1S/C27H39NO/c1-18(2)12-24-16-28-11-10-22-15-27(29-17-21-6-7-21)23(9-8-20-4-5-20)14-25(22)26(28)13-19(24)3/h14-15,18,20-21,24,26H,3-13,16-17H2,1-2H3. The van der Waals surface area contributed by atoms with Crippen LogP contribution < -0.4 is 4.74 Å². The third kappa shape index (κ3) is 4.58. The molecule has 0 radical (unpaired) electrons. The van der Waals surface area contributed by atoms with Crippen LogP contribution in [-0.2, 0) is 12.8 Å². The van der Waals surface area contributed by atoms with Crippen LogP contribution in [0.2, 0.25) is 0 Å². The second kappa shape index (κ2) is 8.10. The molecule has 2 heteroatoms. The fourth-order valence-corrected chi connectivity index (χ4v) is 5.51. The third-order valence-corrected chi connectivity index (χ3v) is 7.72. The number of piperidine rings is 1. The van der Waals surface area contributed by atoms with Gasteiger partial charge in [-0.25, -0.2) is 0 Å². The minimum Gasteiger partial charge on any atom is -0.493 e. The minimum absolute atomic E-state index is 0.548. The van der Waals surface area contributed by atoms with Gasteiger partial charge in [0.25, 0.3) is 0 Å². The smallest absolute Gasteiger partial charge is 0.122 e. The summed E-state index contributed by atoms with van der Waals surface area (Å²) >= 11 is 0. The summed E-state index contributed by atoms with van der Waals surface area (Å²) in [6.07, 6.45) is 11.8. The Morgan fingerprint density at radius 2 is 1.93 bits per heavy atom. The topological polar surface area (TPSA) is 12.5 Å². The number of aryl methyl sites for hydroxylation is 1. The molecule has 1 aromatic rings. The summed E-state index contributed by atoms with van der Waals surface area (Å²) < 4.78 is 6.37. The molecular formula is C27H39NO. The first kappa shape index (κ1) is 19.7. The summed E-state index contributed by atoms with van der Waals surface area (Å²) in [5, 5.41) is 0. The zero-order valence-electron chi connectivity index (χ0n) is 18.6. The van der Waals surface area contributed by atoms with Crippen molar-refractivity contribution in [1.82, 2.24) is 4.90 Å². The van der Waals surface area contributed by atoms with E-state index in [4.69, 9.17) is 4.74 Å². The Morgan fingerprint density at radius 3 is 2.66 bits per heavy atom. The van der Waals surface area contributed by atoms with Crippen molar-refractivity contribution in [3.05, 3.63) is 41.0 Å². The summed E-state index contributed by atoms with van der Waals surface area (Å²) in [7, 11) is 0. The molecule has 2 saturated carbocycles. The van der Waals surface area contributed by atoms with Gasteiger partial charge >= 0.3 is 0 Å². The van der Waals surface area contributed by atoms with Crippen LogP contribution in [0.1, 0.15) is 81.5 Å². The van der Waals surface area contributed by atoms with Crippen molar-refractivity contribution in [3.63, 3.8) is 0 Å². The number of nitrogens with zero attached hydrogens (tertiary/aromatic N) is 1. The molecular weight excluding hydrogens is 354 g/mol. The van der Waals surface area contributed by atoms with Gasteiger partial charge in [0.15, 0.2) is 0 Å².